The number of unbranched alkanes of at least 4 members (excludes halogenated alkanes) is 7. The Morgan fingerprint density at radius 2 is 0.829 bits per heavy atom. The summed E-state index contributed by atoms with van der Waals surface area (Å²) in [5, 5.41) is 0. The van der Waals surface area contributed by atoms with Gasteiger partial charge in [0, 0.05) is 0 Å². The van der Waals surface area contributed by atoms with E-state index in [0.717, 1.165) is 52.9 Å². The monoisotopic (exact) mass is 493 g/mol. The van der Waals surface area contributed by atoms with Gasteiger partial charge < -0.3 is 0 Å². The molecule has 0 spiro atoms. The van der Waals surface area contributed by atoms with E-state index in [0.29, 0.717) is 0 Å². The molecule has 0 saturated heterocycles. The molecular weight excluding hydrogens is 451 g/mol. The Hall–Kier alpha value is -2.51. The van der Waals surface area contributed by atoms with Gasteiger partial charge >= 0.3 is 7.94 Å². The summed E-state index contributed by atoms with van der Waals surface area (Å²) in [4.78, 5) is 0. The highest BCUT2D eigenvalue weighted by Gasteiger charge is 2.50. The zero-order chi connectivity index (χ0) is 24.9. The van der Waals surface area contributed by atoms with Crippen LogP contribution in [0.15, 0.2) is 72.8 Å². The third-order valence-corrected chi connectivity index (χ3v) is 8.57. The summed E-state index contributed by atoms with van der Waals surface area (Å²) in [5.74, 6) is 2.47. The first-order valence-corrected chi connectivity index (χ1v) is 14.9. The maximum atomic E-state index is 6.78. The molecule has 0 radical (unpaired) electrons. The van der Waals surface area contributed by atoms with Crippen LogP contribution in [0.4, 0.5) is 0 Å². The SMILES string of the molecule is CCCCCCCCCC[P+](Oc1ccccc1C)(Oc1ccccc1C)Oc1ccccc1C. The van der Waals surface area contributed by atoms with Crippen LogP contribution < -0.4 is 13.6 Å². The van der Waals surface area contributed by atoms with Crippen LogP contribution >= 0.6 is 7.94 Å². The predicted molar refractivity (Wildman–Crippen MR) is 150 cm³/mol. The van der Waals surface area contributed by atoms with Gasteiger partial charge in [0.1, 0.15) is 0 Å². The highest BCUT2D eigenvalue weighted by Crippen LogP contribution is 2.62. The van der Waals surface area contributed by atoms with Crippen molar-refractivity contribution in [1.29, 1.82) is 0 Å². The molecule has 3 aromatic rings. The van der Waals surface area contributed by atoms with Gasteiger partial charge in [0.15, 0.2) is 23.4 Å². The van der Waals surface area contributed by atoms with E-state index >= 15 is 0 Å². The molecule has 0 aliphatic rings. The number of hydrogen-bond acceptors (Lipinski definition) is 3. The minimum absolute atomic E-state index is 0.735. The molecule has 0 amide bonds. The summed E-state index contributed by atoms with van der Waals surface area (Å²) in [6, 6.07) is 24.4. The zero-order valence-corrected chi connectivity index (χ0v) is 22.9. The zero-order valence-electron chi connectivity index (χ0n) is 22.0. The van der Waals surface area contributed by atoms with Crippen LogP contribution in [-0.4, -0.2) is 6.16 Å². The molecule has 0 fully saturated rings. The van der Waals surface area contributed by atoms with Crippen LogP contribution in [0.3, 0.4) is 0 Å². The molecule has 0 heterocycles. The van der Waals surface area contributed by atoms with Crippen molar-refractivity contribution in [1.82, 2.24) is 0 Å². The quantitative estimate of drug-likeness (QED) is 0.156. The summed E-state index contributed by atoms with van der Waals surface area (Å²) in [7, 11) is -2.81. The number of aryl methyl sites for hydroxylation is 3. The van der Waals surface area contributed by atoms with E-state index in [-0.39, 0.29) is 0 Å². The van der Waals surface area contributed by atoms with Crippen LogP contribution in [0, 0.1) is 20.8 Å². The molecule has 3 rings (SSSR count). The maximum absolute atomic E-state index is 6.78. The van der Waals surface area contributed by atoms with E-state index in [1.54, 1.807) is 0 Å². The lowest BCUT2D eigenvalue weighted by molar-refractivity contribution is 0.349. The van der Waals surface area contributed by atoms with Crippen molar-refractivity contribution in [3.05, 3.63) is 89.5 Å². The second kappa shape index (κ2) is 14.1. The molecule has 0 aromatic heterocycles. The average molecular weight is 494 g/mol. The number of rotatable bonds is 15. The summed E-state index contributed by atoms with van der Waals surface area (Å²) < 4.78 is 20.3. The molecule has 0 atom stereocenters. The first-order chi connectivity index (χ1) is 17.0. The molecule has 0 aliphatic heterocycles. The van der Waals surface area contributed by atoms with Crippen LogP contribution in [0.25, 0.3) is 0 Å². The second-order valence-corrected chi connectivity index (χ2v) is 11.6. The van der Waals surface area contributed by atoms with Crippen LogP contribution in [0.2, 0.25) is 0 Å². The first-order valence-electron chi connectivity index (χ1n) is 13.2. The molecule has 0 N–H and O–H groups in total. The van der Waals surface area contributed by atoms with Crippen molar-refractivity contribution in [2.75, 3.05) is 6.16 Å². The highest BCUT2D eigenvalue weighted by atomic mass is 31.2. The fourth-order valence-electron chi connectivity index (χ4n) is 4.06. The normalized spacial score (nSPS) is 11.3. The van der Waals surface area contributed by atoms with Crippen LogP contribution in [0.1, 0.15) is 75.0 Å². The van der Waals surface area contributed by atoms with Gasteiger partial charge in [-0.25, -0.2) is 0 Å². The molecule has 0 saturated carbocycles. The molecule has 3 nitrogen and oxygen atoms in total. The summed E-state index contributed by atoms with van der Waals surface area (Å²) >= 11 is 0. The van der Waals surface area contributed by atoms with Crippen molar-refractivity contribution in [2.45, 2.75) is 79.1 Å². The highest BCUT2D eigenvalue weighted by molar-refractivity contribution is 7.62. The Morgan fingerprint density at radius 3 is 1.20 bits per heavy atom. The smallest absolute Gasteiger partial charge is 0.271 e. The van der Waals surface area contributed by atoms with Crippen LogP contribution in [0.5, 0.6) is 17.2 Å². The van der Waals surface area contributed by atoms with E-state index < -0.39 is 7.94 Å². The second-order valence-electron chi connectivity index (χ2n) is 9.38. The van der Waals surface area contributed by atoms with Crippen molar-refractivity contribution in [3.8, 4) is 17.2 Å². The fourth-order valence-corrected chi connectivity index (χ4v) is 6.57. The van der Waals surface area contributed by atoms with Gasteiger partial charge in [0.25, 0.3) is 0 Å². The number of benzene rings is 3. The Labute approximate surface area is 213 Å². The number of hydrogen-bond donors (Lipinski definition) is 0. The lowest BCUT2D eigenvalue weighted by atomic mass is 10.1. The summed E-state index contributed by atoms with van der Waals surface area (Å²) in [6.07, 6.45) is 10.7. The molecular formula is C31H42O3P+. The van der Waals surface area contributed by atoms with Crippen LogP contribution in [-0.2, 0) is 0 Å². The Balaban J connectivity index is 1.86. The van der Waals surface area contributed by atoms with Crippen molar-refractivity contribution >= 4 is 7.94 Å². The van der Waals surface area contributed by atoms with E-state index in [1.807, 2.05) is 54.6 Å². The lowest BCUT2D eigenvalue weighted by Gasteiger charge is -2.25. The van der Waals surface area contributed by atoms with E-state index in [1.165, 1.54) is 38.5 Å². The molecule has 35 heavy (non-hydrogen) atoms. The molecule has 0 aliphatic carbocycles. The standard InChI is InChI=1S/C31H42O3P/c1-5-6-7-8-9-10-11-18-25-35(32-29-22-15-12-19-26(29)2,33-30-23-16-13-20-27(30)3)34-31-24-17-14-21-28(31)4/h12-17,19-24H,5-11,18,25H2,1-4H3/q+1. The minimum Gasteiger partial charge on any atom is -0.271 e. The lowest BCUT2D eigenvalue weighted by Crippen LogP contribution is -2.20. The van der Waals surface area contributed by atoms with Crippen molar-refractivity contribution < 1.29 is 13.6 Å². The Morgan fingerprint density at radius 1 is 0.486 bits per heavy atom. The number of para-hydroxylation sites is 3. The van der Waals surface area contributed by atoms with Gasteiger partial charge in [-0.1, -0.05) is 100 Å². The van der Waals surface area contributed by atoms with Crippen molar-refractivity contribution in [2.24, 2.45) is 0 Å². The fraction of sp³-hybridized carbons (Fsp3) is 0.419. The topological polar surface area (TPSA) is 27.7 Å². The third-order valence-electron chi connectivity index (χ3n) is 6.28. The molecule has 188 valence electrons. The average Bonchev–Trinajstić information content (AvgIpc) is 2.85. The van der Waals surface area contributed by atoms with E-state index in [4.69, 9.17) is 13.6 Å². The maximum Gasteiger partial charge on any atom is 0.541 e. The first kappa shape index (κ1) is 27.1. The predicted octanol–water partition coefficient (Wildman–Crippen LogP) is 10.1. The van der Waals surface area contributed by atoms with Gasteiger partial charge in [-0.05, 0) is 68.5 Å². The largest absolute Gasteiger partial charge is 0.541 e. The van der Waals surface area contributed by atoms with Gasteiger partial charge in [-0.15, -0.1) is 0 Å². The van der Waals surface area contributed by atoms with Gasteiger partial charge in [-0.3, -0.25) is 13.6 Å². The van der Waals surface area contributed by atoms with Gasteiger partial charge in [0.05, 0.1) is 0 Å². The van der Waals surface area contributed by atoms with Gasteiger partial charge in [-0.2, -0.15) is 0 Å². The third kappa shape index (κ3) is 8.58. The van der Waals surface area contributed by atoms with E-state index in [2.05, 4.69) is 45.9 Å². The Kier molecular flexibility index (Phi) is 10.9. The molecule has 0 unspecified atom stereocenters. The van der Waals surface area contributed by atoms with Gasteiger partial charge in [0.2, 0.25) is 0 Å². The van der Waals surface area contributed by atoms with E-state index in [9.17, 15) is 0 Å². The molecule has 4 heteroatoms. The summed E-state index contributed by atoms with van der Waals surface area (Å²) in [6.45, 7) is 8.48. The van der Waals surface area contributed by atoms with Crippen molar-refractivity contribution in [3.63, 3.8) is 0 Å². The Bertz CT molecular complexity index is 917. The minimum atomic E-state index is -2.81. The molecule has 0 bridgehead atoms. The molecule has 3 aromatic carbocycles. The summed E-state index contributed by atoms with van der Waals surface area (Å²) in [5.41, 5.74) is 3.23.